The second kappa shape index (κ2) is 5.87. The summed E-state index contributed by atoms with van der Waals surface area (Å²) in [6.07, 6.45) is 2.56. The highest BCUT2D eigenvalue weighted by Gasteiger charge is 2.12. The van der Waals surface area contributed by atoms with E-state index in [2.05, 4.69) is 22.3 Å². The van der Waals surface area contributed by atoms with Crippen molar-refractivity contribution in [3.05, 3.63) is 24.3 Å². The quantitative estimate of drug-likeness (QED) is 0.881. The second-order valence-corrected chi connectivity index (χ2v) is 5.03. The lowest BCUT2D eigenvalue weighted by Crippen LogP contribution is -2.27. The third kappa shape index (κ3) is 3.47. The molecule has 1 aromatic rings. The van der Waals surface area contributed by atoms with Crippen LogP contribution >= 0.6 is 0 Å². The number of hydrogen-bond acceptors (Lipinski definition) is 3. The van der Waals surface area contributed by atoms with Gasteiger partial charge in [-0.3, -0.25) is 4.79 Å². The van der Waals surface area contributed by atoms with E-state index in [0.29, 0.717) is 6.54 Å². The maximum absolute atomic E-state index is 11.6. The summed E-state index contributed by atoms with van der Waals surface area (Å²) in [5.74, 6) is 0.0222. The highest BCUT2D eigenvalue weighted by molar-refractivity contribution is 5.92. The first-order valence-electron chi connectivity index (χ1n) is 6.45. The summed E-state index contributed by atoms with van der Waals surface area (Å²) in [7, 11) is 3.77. The predicted molar refractivity (Wildman–Crippen MR) is 75.1 cm³/mol. The molecule has 1 aliphatic heterocycles. The molecule has 0 aliphatic carbocycles. The maximum Gasteiger partial charge on any atom is 0.238 e. The minimum Gasteiger partial charge on any atom is -0.372 e. The third-order valence-electron chi connectivity index (χ3n) is 3.08. The Balaban J connectivity index is 1.93. The molecule has 2 rings (SSSR count). The Bertz CT molecular complexity index is 394. The van der Waals surface area contributed by atoms with Crippen LogP contribution in [0.15, 0.2) is 24.3 Å². The molecule has 0 radical (unpaired) electrons. The largest absolute Gasteiger partial charge is 0.372 e. The fourth-order valence-electron chi connectivity index (χ4n) is 2.22. The molecule has 0 unspecified atom stereocenters. The van der Waals surface area contributed by atoms with Gasteiger partial charge >= 0.3 is 0 Å². The molecular formula is C14H21N3O. The minimum atomic E-state index is 0.0222. The van der Waals surface area contributed by atoms with Gasteiger partial charge in [0.25, 0.3) is 0 Å². The number of hydrogen-bond donors (Lipinski definition) is 1. The van der Waals surface area contributed by atoms with E-state index in [9.17, 15) is 4.79 Å². The van der Waals surface area contributed by atoms with Crippen LogP contribution in [0.4, 0.5) is 11.4 Å². The van der Waals surface area contributed by atoms with E-state index in [1.54, 1.807) is 0 Å². The lowest BCUT2D eigenvalue weighted by molar-refractivity contribution is -0.116. The molecule has 1 amide bonds. The van der Waals surface area contributed by atoms with E-state index in [1.807, 2.05) is 31.1 Å². The number of nitrogens with zero attached hydrogens (tertiary/aromatic N) is 2. The molecular weight excluding hydrogens is 226 g/mol. The van der Waals surface area contributed by atoms with Gasteiger partial charge in [-0.2, -0.15) is 0 Å². The molecule has 1 N–H and O–H groups in total. The molecule has 1 heterocycles. The zero-order valence-corrected chi connectivity index (χ0v) is 11.1. The van der Waals surface area contributed by atoms with Gasteiger partial charge in [-0.1, -0.05) is 0 Å². The highest BCUT2D eigenvalue weighted by atomic mass is 16.2. The molecule has 0 aromatic heterocycles. The molecule has 18 heavy (non-hydrogen) atoms. The Kier molecular flexibility index (Phi) is 4.20. The molecule has 1 fully saturated rings. The van der Waals surface area contributed by atoms with Crippen molar-refractivity contribution in [2.24, 2.45) is 0 Å². The van der Waals surface area contributed by atoms with Crippen LogP contribution in [0, 0.1) is 0 Å². The summed E-state index contributed by atoms with van der Waals surface area (Å²) in [5.41, 5.74) is 2.11. The minimum absolute atomic E-state index is 0.0222. The monoisotopic (exact) mass is 247 g/mol. The van der Waals surface area contributed by atoms with Crippen LogP contribution in [-0.2, 0) is 4.79 Å². The number of carbonyl (C=O) groups excluding carboxylic acids is 1. The van der Waals surface area contributed by atoms with Gasteiger partial charge < -0.3 is 15.1 Å². The smallest absolute Gasteiger partial charge is 0.238 e. The van der Waals surface area contributed by atoms with Crippen molar-refractivity contribution >= 4 is 17.3 Å². The van der Waals surface area contributed by atoms with Gasteiger partial charge in [0.15, 0.2) is 0 Å². The standard InChI is InChI=1S/C14H21N3O/c1-16(2)11-14(18)15-12-5-7-13(8-6-12)17-9-3-4-10-17/h5-8H,3-4,9-11H2,1-2H3,(H,15,18). The Labute approximate surface area is 109 Å². The number of carbonyl (C=O) groups is 1. The number of benzene rings is 1. The van der Waals surface area contributed by atoms with Gasteiger partial charge in [0.1, 0.15) is 0 Å². The normalized spacial score (nSPS) is 15.2. The van der Waals surface area contributed by atoms with Crippen molar-refractivity contribution in [3.8, 4) is 0 Å². The second-order valence-electron chi connectivity index (χ2n) is 5.03. The van der Waals surface area contributed by atoms with Crippen molar-refractivity contribution < 1.29 is 4.79 Å². The van der Waals surface area contributed by atoms with Gasteiger partial charge in [0.05, 0.1) is 6.54 Å². The van der Waals surface area contributed by atoms with Crippen LogP contribution < -0.4 is 10.2 Å². The van der Waals surface area contributed by atoms with E-state index in [1.165, 1.54) is 18.5 Å². The number of anilines is 2. The molecule has 0 atom stereocenters. The molecule has 0 saturated carbocycles. The molecule has 0 bridgehead atoms. The lowest BCUT2D eigenvalue weighted by Gasteiger charge is -2.18. The summed E-state index contributed by atoms with van der Waals surface area (Å²) in [6.45, 7) is 2.70. The Morgan fingerprint density at radius 3 is 2.39 bits per heavy atom. The van der Waals surface area contributed by atoms with E-state index >= 15 is 0 Å². The first-order chi connectivity index (χ1) is 8.65. The molecule has 4 heteroatoms. The molecule has 4 nitrogen and oxygen atoms in total. The highest BCUT2D eigenvalue weighted by Crippen LogP contribution is 2.21. The number of nitrogens with one attached hydrogen (secondary N) is 1. The van der Waals surface area contributed by atoms with Crippen LogP contribution in [0.5, 0.6) is 0 Å². The average molecular weight is 247 g/mol. The van der Waals surface area contributed by atoms with Gasteiger partial charge in [-0.25, -0.2) is 0 Å². The topological polar surface area (TPSA) is 35.6 Å². The molecule has 1 aromatic carbocycles. The number of likely N-dealkylation sites (N-methyl/N-ethyl adjacent to an activating group) is 1. The fourth-order valence-corrected chi connectivity index (χ4v) is 2.22. The Morgan fingerprint density at radius 1 is 1.22 bits per heavy atom. The van der Waals surface area contributed by atoms with Crippen molar-refractivity contribution in [2.75, 3.05) is 43.9 Å². The molecule has 1 saturated heterocycles. The lowest BCUT2D eigenvalue weighted by atomic mass is 10.2. The fraction of sp³-hybridized carbons (Fsp3) is 0.500. The van der Waals surface area contributed by atoms with Crippen molar-refractivity contribution in [2.45, 2.75) is 12.8 Å². The van der Waals surface area contributed by atoms with Crippen molar-refractivity contribution in [1.82, 2.24) is 4.90 Å². The summed E-state index contributed by atoms with van der Waals surface area (Å²) >= 11 is 0. The van der Waals surface area contributed by atoms with Crippen LogP contribution in [0.1, 0.15) is 12.8 Å². The van der Waals surface area contributed by atoms with Crippen LogP contribution in [0.2, 0.25) is 0 Å². The SMILES string of the molecule is CN(C)CC(=O)Nc1ccc(N2CCCC2)cc1. The van der Waals surface area contributed by atoms with Gasteiger partial charge in [0, 0.05) is 24.5 Å². The Morgan fingerprint density at radius 2 is 1.83 bits per heavy atom. The number of amides is 1. The van der Waals surface area contributed by atoms with Gasteiger partial charge in [-0.05, 0) is 51.2 Å². The first kappa shape index (κ1) is 12.9. The predicted octanol–water partition coefficient (Wildman–Crippen LogP) is 1.79. The van der Waals surface area contributed by atoms with Crippen molar-refractivity contribution in [1.29, 1.82) is 0 Å². The van der Waals surface area contributed by atoms with Gasteiger partial charge in [0.2, 0.25) is 5.91 Å². The van der Waals surface area contributed by atoms with Crippen LogP contribution in [0.3, 0.4) is 0 Å². The number of rotatable bonds is 4. The van der Waals surface area contributed by atoms with E-state index in [-0.39, 0.29) is 5.91 Å². The molecule has 0 spiro atoms. The van der Waals surface area contributed by atoms with E-state index < -0.39 is 0 Å². The summed E-state index contributed by atoms with van der Waals surface area (Å²) in [4.78, 5) is 15.8. The summed E-state index contributed by atoms with van der Waals surface area (Å²) in [6, 6.07) is 8.11. The zero-order valence-electron chi connectivity index (χ0n) is 11.1. The van der Waals surface area contributed by atoms with Crippen LogP contribution in [0.25, 0.3) is 0 Å². The van der Waals surface area contributed by atoms with E-state index in [4.69, 9.17) is 0 Å². The van der Waals surface area contributed by atoms with Crippen molar-refractivity contribution in [3.63, 3.8) is 0 Å². The van der Waals surface area contributed by atoms with Crippen LogP contribution in [-0.4, -0.2) is 44.5 Å². The molecule has 1 aliphatic rings. The molecule has 98 valence electrons. The summed E-state index contributed by atoms with van der Waals surface area (Å²) < 4.78 is 0. The maximum atomic E-state index is 11.6. The zero-order chi connectivity index (χ0) is 13.0. The Hall–Kier alpha value is -1.55. The van der Waals surface area contributed by atoms with Gasteiger partial charge in [-0.15, -0.1) is 0 Å². The first-order valence-corrected chi connectivity index (χ1v) is 6.45. The average Bonchev–Trinajstić information content (AvgIpc) is 2.82. The summed E-state index contributed by atoms with van der Waals surface area (Å²) in [5, 5.41) is 2.89. The van der Waals surface area contributed by atoms with E-state index in [0.717, 1.165) is 18.8 Å². The third-order valence-corrected chi connectivity index (χ3v) is 3.08.